The van der Waals surface area contributed by atoms with Crippen LogP contribution in [0.15, 0.2) is 30.3 Å². The molecule has 2 atom stereocenters. The highest BCUT2D eigenvalue weighted by Crippen LogP contribution is 2.42. The number of rotatable bonds is 9. The maximum Gasteiger partial charge on any atom is 0.309 e. The Bertz CT molecular complexity index is 893. The molecule has 0 aromatic heterocycles. The number of carbonyl (C=O) groups excluding carboxylic acids is 1. The fourth-order valence-corrected chi connectivity index (χ4v) is 3.93. The minimum absolute atomic E-state index is 0.0356. The Morgan fingerprint density at radius 1 is 0.800 bits per heavy atom. The Morgan fingerprint density at radius 3 is 2.10 bits per heavy atom. The van der Waals surface area contributed by atoms with Crippen LogP contribution in [-0.2, 0) is 22.4 Å². The van der Waals surface area contributed by atoms with Gasteiger partial charge in [0, 0.05) is 5.92 Å². The number of hydrogen-bond acceptors (Lipinski definition) is 7. The molecule has 1 aliphatic heterocycles. The molecule has 0 aliphatic carbocycles. The second kappa shape index (κ2) is 9.61. The third kappa shape index (κ3) is 4.25. The highest BCUT2D eigenvalue weighted by atomic mass is 16.5. The van der Waals surface area contributed by atoms with Crippen LogP contribution in [0, 0.1) is 11.8 Å². The van der Waals surface area contributed by atoms with Crippen LogP contribution in [0.3, 0.4) is 0 Å². The molecule has 1 fully saturated rings. The first-order valence-corrected chi connectivity index (χ1v) is 9.71. The molecular weight excluding hydrogens is 388 g/mol. The van der Waals surface area contributed by atoms with Crippen LogP contribution in [-0.4, -0.2) is 48.1 Å². The average molecular weight is 416 g/mol. The van der Waals surface area contributed by atoms with E-state index in [0.717, 1.165) is 11.1 Å². The molecule has 0 radical (unpaired) electrons. The molecule has 7 nitrogen and oxygen atoms in total. The minimum atomic E-state index is -0.287. The van der Waals surface area contributed by atoms with E-state index in [4.69, 9.17) is 28.4 Å². The zero-order valence-electron chi connectivity index (χ0n) is 18.0. The number of cyclic esters (lactones) is 1. The van der Waals surface area contributed by atoms with Crippen molar-refractivity contribution in [2.75, 3.05) is 42.2 Å². The molecule has 0 saturated carbocycles. The first-order valence-electron chi connectivity index (χ1n) is 9.71. The van der Waals surface area contributed by atoms with Crippen LogP contribution in [0.2, 0.25) is 0 Å². The van der Waals surface area contributed by atoms with Gasteiger partial charge in [0.2, 0.25) is 5.75 Å². The van der Waals surface area contributed by atoms with E-state index < -0.39 is 0 Å². The van der Waals surface area contributed by atoms with Crippen molar-refractivity contribution in [3.63, 3.8) is 0 Å². The number of esters is 1. The van der Waals surface area contributed by atoms with Crippen LogP contribution in [0.1, 0.15) is 11.1 Å². The van der Waals surface area contributed by atoms with E-state index in [1.54, 1.807) is 35.5 Å². The second-order valence-electron chi connectivity index (χ2n) is 7.09. The van der Waals surface area contributed by atoms with Gasteiger partial charge < -0.3 is 28.4 Å². The molecule has 2 aromatic rings. The monoisotopic (exact) mass is 416 g/mol. The summed E-state index contributed by atoms with van der Waals surface area (Å²) < 4.78 is 32.5. The quantitative estimate of drug-likeness (QED) is 0.581. The number of hydrogen-bond donors (Lipinski definition) is 0. The molecule has 0 N–H and O–H groups in total. The van der Waals surface area contributed by atoms with Gasteiger partial charge in [-0.15, -0.1) is 0 Å². The maximum absolute atomic E-state index is 12.5. The molecule has 162 valence electrons. The highest BCUT2D eigenvalue weighted by Gasteiger charge is 2.38. The zero-order valence-corrected chi connectivity index (χ0v) is 18.0. The number of carbonyl (C=O) groups is 1. The SMILES string of the molecule is COc1ccc(CC2COC(=O)C2Cc2ccc(OC)c(OC)c2OC)cc1OC. The molecule has 1 saturated heterocycles. The van der Waals surface area contributed by atoms with E-state index in [0.29, 0.717) is 48.2 Å². The fourth-order valence-electron chi connectivity index (χ4n) is 3.93. The van der Waals surface area contributed by atoms with Crippen molar-refractivity contribution in [1.29, 1.82) is 0 Å². The summed E-state index contributed by atoms with van der Waals surface area (Å²) in [6, 6.07) is 9.52. The van der Waals surface area contributed by atoms with Gasteiger partial charge in [-0.3, -0.25) is 4.79 Å². The smallest absolute Gasteiger partial charge is 0.309 e. The molecule has 1 heterocycles. The number of methoxy groups -OCH3 is 5. The van der Waals surface area contributed by atoms with Gasteiger partial charge in [-0.25, -0.2) is 0 Å². The van der Waals surface area contributed by atoms with Gasteiger partial charge in [-0.1, -0.05) is 12.1 Å². The standard InChI is InChI=1S/C23H28O7/c1-25-18-8-6-14(11-20(18)27-3)10-16-13-30-23(24)17(16)12-15-7-9-19(26-2)22(29-5)21(15)28-4/h6-9,11,16-17H,10,12-13H2,1-5H3. The van der Waals surface area contributed by atoms with Crippen molar-refractivity contribution in [1.82, 2.24) is 0 Å². The van der Waals surface area contributed by atoms with Crippen molar-refractivity contribution in [2.45, 2.75) is 12.8 Å². The van der Waals surface area contributed by atoms with Crippen molar-refractivity contribution < 1.29 is 33.2 Å². The summed E-state index contributed by atoms with van der Waals surface area (Å²) in [5.41, 5.74) is 1.93. The predicted octanol–water partition coefficient (Wildman–Crippen LogP) is 3.30. The van der Waals surface area contributed by atoms with E-state index in [-0.39, 0.29) is 17.8 Å². The molecule has 1 aliphatic rings. The Balaban J connectivity index is 1.84. The Kier molecular flexibility index (Phi) is 6.92. The fraction of sp³-hybridized carbons (Fsp3) is 0.435. The van der Waals surface area contributed by atoms with E-state index in [1.165, 1.54) is 0 Å². The summed E-state index contributed by atoms with van der Waals surface area (Å²) in [6.45, 7) is 0.382. The van der Waals surface area contributed by atoms with Gasteiger partial charge >= 0.3 is 5.97 Å². The van der Waals surface area contributed by atoms with Gasteiger partial charge in [-0.2, -0.15) is 0 Å². The molecule has 2 aromatic carbocycles. The first kappa shape index (κ1) is 21.6. The Hall–Kier alpha value is -3.09. The van der Waals surface area contributed by atoms with Gasteiger partial charge in [0.1, 0.15) is 0 Å². The van der Waals surface area contributed by atoms with Crippen LogP contribution in [0.25, 0.3) is 0 Å². The first-order chi connectivity index (χ1) is 14.6. The average Bonchev–Trinajstić information content (AvgIpc) is 3.11. The van der Waals surface area contributed by atoms with E-state index >= 15 is 0 Å². The zero-order chi connectivity index (χ0) is 21.7. The summed E-state index contributed by atoms with van der Waals surface area (Å²) in [4.78, 5) is 12.5. The molecule has 2 unspecified atom stereocenters. The molecule has 0 amide bonds. The summed E-state index contributed by atoms with van der Waals surface area (Å²) in [7, 11) is 7.93. The highest BCUT2D eigenvalue weighted by molar-refractivity contribution is 5.75. The Labute approximate surface area is 176 Å². The van der Waals surface area contributed by atoms with Crippen molar-refractivity contribution in [3.8, 4) is 28.7 Å². The van der Waals surface area contributed by atoms with Crippen LogP contribution in [0.4, 0.5) is 0 Å². The Morgan fingerprint density at radius 2 is 1.47 bits per heavy atom. The van der Waals surface area contributed by atoms with Crippen LogP contribution >= 0.6 is 0 Å². The summed E-state index contributed by atoms with van der Waals surface area (Å²) >= 11 is 0. The molecule has 0 spiro atoms. The molecule has 3 rings (SSSR count). The van der Waals surface area contributed by atoms with E-state index in [1.807, 2.05) is 30.3 Å². The van der Waals surface area contributed by atoms with Crippen LogP contribution < -0.4 is 23.7 Å². The second-order valence-corrected chi connectivity index (χ2v) is 7.09. The van der Waals surface area contributed by atoms with Crippen molar-refractivity contribution in [3.05, 3.63) is 41.5 Å². The number of benzene rings is 2. The molecule has 7 heteroatoms. The molecule has 0 bridgehead atoms. The van der Waals surface area contributed by atoms with Gasteiger partial charge in [0.05, 0.1) is 48.1 Å². The summed E-state index contributed by atoms with van der Waals surface area (Å²) in [5, 5.41) is 0. The number of ether oxygens (including phenoxy) is 6. The maximum atomic E-state index is 12.5. The summed E-state index contributed by atoms with van der Waals surface area (Å²) in [5.74, 6) is 2.55. The minimum Gasteiger partial charge on any atom is -0.493 e. The van der Waals surface area contributed by atoms with Gasteiger partial charge in [-0.05, 0) is 42.2 Å². The van der Waals surface area contributed by atoms with Crippen molar-refractivity contribution >= 4 is 5.97 Å². The predicted molar refractivity (Wildman–Crippen MR) is 111 cm³/mol. The molecule has 30 heavy (non-hydrogen) atoms. The lowest BCUT2D eigenvalue weighted by atomic mass is 9.84. The lowest BCUT2D eigenvalue weighted by molar-refractivity contribution is -0.141. The topological polar surface area (TPSA) is 72.5 Å². The van der Waals surface area contributed by atoms with Gasteiger partial charge in [0.25, 0.3) is 0 Å². The largest absolute Gasteiger partial charge is 0.493 e. The third-order valence-electron chi connectivity index (χ3n) is 5.48. The lowest BCUT2D eigenvalue weighted by Crippen LogP contribution is -2.21. The summed E-state index contributed by atoms with van der Waals surface area (Å²) in [6.07, 6.45) is 1.17. The normalized spacial score (nSPS) is 18.0. The van der Waals surface area contributed by atoms with E-state index in [2.05, 4.69) is 0 Å². The van der Waals surface area contributed by atoms with Crippen LogP contribution in [0.5, 0.6) is 28.7 Å². The van der Waals surface area contributed by atoms with Crippen molar-refractivity contribution in [2.24, 2.45) is 11.8 Å². The third-order valence-corrected chi connectivity index (χ3v) is 5.48. The molecular formula is C23H28O7. The van der Waals surface area contributed by atoms with E-state index in [9.17, 15) is 4.79 Å². The van der Waals surface area contributed by atoms with Gasteiger partial charge in [0.15, 0.2) is 23.0 Å². The lowest BCUT2D eigenvalue weighted by Gasteiger charge is -2.20.